The monoisotopic (exact) mass is 660 g/mol. The smallest absolute Gasteiger partial charge is 0.339 e. The fraction of sp³-hybridized carbons (Fsp3) is 0.270. The third-order valence-corrected chi connectivity index (χ3v) is 10.6. The number of rotatable bonds is 6. The Morgan fingerprint density at radius 2 is 1.53 bits per heavy atom. The van der Waals surface area contributed by atoms with Gasteiger partial charge in [0, 0.05) is 21.0 Å². The van der Waals surface area contributed by atoms with Crippen molar-refractivity contribution in [1.82, 2.24) is 4.98 Å². The number of hydrogen-bond acceptors (Lipinski definition) is 6. The maximum atomic E-state index is 13.6. The van der Waals surface area contributed by atoms with E-state index < -0.39 is 12.1 Å². The Morgan fingerprint density at radius 3 is 2.18 bits per heavy atom. The maximum Gasteiger partial charge on any atom is 0.339 e. The van der Waals surface area contributed by atoms with E-state index in [2.05, 4.69) is 28.1 Å². The summed E-state index contributed by atoms with van der Waals surface area (Å²) in [4.78, 5) is 59.9. The SMILES string of the molecule is Cc1ccc(C(=O)C(C)OC(=O)c2cc(-c3ccc(N4C(=O)C5C6C=CC(C7CC67)C5C4=O)cc3)nc3ccc(Br)cc23)cc1. The van der Waals surface area contributed by atoms with Gasteiger partial charge in [-0.15, -0.1) is 0 Å². The summed E-state index contributed by atoms with van der Waals surface area (Å²) in [5, 5.41) is 0.585. The number of carbonyl (C=O) groups excluding carboxylic acids is 4. The zero-order valence-electron chi connectivity index (χ0n) is 24.6. The Morgan fingerprint density at radius 1 is 0.889 bits per heavy atom. The molecule has 3 fully saturated rings. The van der Waals surface area contributed by atoms with Crippen LogP contribution in [0.2, 0.25) is 0 Å². The summed E-state index contributed by atoms with van der Waals surface area (Å²) in [5.41, 5.74) is 4.14. The summed E-state index contributed by atoms with van der Waals surface area (Å²) in [5.74, 6) is -0.214. The molecular formula is C37H29BrN2O5. The molecule has 0 radical (unpaired) electrons. The maximum absolute atomic E-state index is 13.6. The number of Topliss-reactive ketones (excluding diaryl/α,β-unsaturated/α-hetero) is 1. The van der Waals surface area contributed by atoms with Crippen LogP contribution >= 0.6 is 15.9 Å². The fourth-order valence-electron chi connectivity index (χ4n) is 7.74. The van der Waals surface area contributed by atoms with Gasteiger partial charge < -0.3 is 4.74 Å². The highest BCUT2D eigenvalue weighted by molar-refractivity contribution is 9.10. The third-order valence-electron chi connectivity index (χ3n) is 10.1. The molecule has 8 heteroatoms. The molecule has 224 valence electrons. The van der Waals surface area contributed by atoms with Gasteiger partial charge in [-0.3, -0.25) is 19.3 Å². The number of fused-ring (bicyclic) bond motifs is 1. The Hall–Kier alpha value is -4.43. The quantitative estimate of drug-likeness (QED) is 0.0961. The molecule has 1 saturated heterocycles. The van der Waals surface area contributed by atoms with E-state index in [-0.39, 0.29) is 46.8 Å². The lowest BCUT2D eigenvalue weighted by atomic mass is 9.63. The van der Waals surface area contributed by atoms with Gasteiger partial charge >= 0.3 is 5.97 Å². The summed E-state index contributed by atoms with van der Waals surface area (Å²) in [6.07, 6.45) is 4.47. The minimum atomic E-state index is -0.992. The van der Waals surface area contributed by atoms with Crippen LogP contribution in [0.25, 0.3) is 22.2 Å². The van der Waals surface area contributed by atoms with E-state index in [0.29, 0.717) is 45.2 Å². The molecule has 5 aliphatic rings. The van der Waals surface area contributed by atoms with Crippen LogP contribution in [0, 0.1) is 42.4 Å². The molecule has 45 heavy (non-hydrogen) atoms. The van der Waals surface area contributed by atoms with Crippen molar-refractivity contribution in [3.05, 3.63) is 106 Å². The number of nitrogens with zero attached hydrogens (tertiary/aromatic N) is 2. The fourth-order valence-corrected chi connectivity index (χ4v) is 8.10. The largest absolute Gasteiger partial charge is 0.451 e. The molecule has 3 aromatic carbocycles. The second-order valence-corrected chi connectivity index (χ2v) is 13.6. The highest BCUT2D eigenvalue weighted by atomic mass is 79.9. The topological polar surface area (TPSA) is 93.6 Å². The molecule has 0 spiro atoms. The molecule has 4 aromatic rings. The second-order valence-electron chi connectivity index (χ2n) is 12.7. The van der Waals surface area contributed by atoms with Crippen LogP contribution in [-0.4, -0.2) is 34.7 Å². The van der Waals surface area contributed by atoms with E-state index in [1.807, 2.05) is 43.3 Å². The van der Waals surface area contributed by atoms with Crippen molar-refractivity contribution in [1.29, 1.82) is 0 Å². The van der Waals surface area contributed by atoms with E-state index >= 15 is 0 Å². The molecule has 7 unspecified atom stereocenters. The molecule has 2 heterocycles. The molecule has 7 nitrogen and oxygen atoms in total. The molecule has 0 N–H and O–H groups in total. The van der Waals surface area contributed by atoms with Gasteiger partial charge in [-0.1, -0.05) is 70.0 Å². The Balaban J connectivity index is 1.08. The number of aryl methyl sites for hydroxylation is 1. The summed E-state index contributed by atoms with van der Waals surface area (Å²) in [6, 6.07) is 21.4. The molecule has 7 atom stereocenters. The minimum absolute atomic E-state index is 0.101. The first-order valence-electron chi connectivity index (χ1n) is 15.3. The predicted octanol–water partition coefficient (Wildman–Crippen LogP) is 6.96. The Kier molecular flexibility index (Phi) is 6.43. The van der Waals surface area contributed by atoms with Crippen molar-refractivity contribution >= 4 is 56.1 Å². The van der Waals surface area contributed by atoms with Gasteiger partial charge in [0.15, 0.2) is 6.10 Å². The summed E-state index contributed by atoms with van der Waals surface area (Å²) >= 11 is 3.48. The van der Waals surface area contributed by atoms with Crippen molar-refractivity contribution < 1.29 is 23.9 Å². The van der Waals surface area contributed by atoms with Crippen molar-refractivity contribution in [3.8, 4) is 11.3 Å². The number of halogens is 1. The zero-order chi connectivity index (χ0) is 31.1. The number of aromatic nitrogens is 1. The molecule has 4 aliphatic carbocycles. The highest BCUT2D eigenvalue weighted by Crippen LogP contribution is 2.65. The number of anilines is 1. The van der Waals surface area contributed by atoms with Crippen LogP contribution in [0.1, 0.15) is 39.6 Å². The van der Waals surface area contributed by atoms with E-state index in [9.17, 15) is 19.2 Å². The molecule has 2 bridgehead atoms. The Labute approximate surface area is 268 Å². The number of carbonyl (C=O) groups is 4. The molecular weight excluding hydrogens is 632 g/mol. The number of ether oxygens (including phenoxy) is 1. The van der Waals surface area contributed by atoms with Crippen LogP contribution in [0.5, 0.6) is 0 Å². The van der Waals surface area contributed by atoms with Gasteiger partial charge in [0.2, 0.25) is 17.6 Å². The second kappa shape index (κ2) is 10.3. The van der Waals surface area contributed by atoms with E-state index in [1.54, 1.807) is 43.3 Å². The van der Waals surface area contributed by atoms with Gasteiger partial charge in [0.25, 0.3) is 0 Å². The molecule has 2 saturated carbocycles. The standard InChI is InChI=1S/C37H29BrN2O5/c1-18-3-5-21(6-4-18)34(41)19(2)45-37(44)29-17-31(39-30-14-9-22(38)15-28(29)30)20-7-10-23(11-8-20)40-35(42)32-24-12-13-25(27-16-26(24)27)33(32)36(40)43/h3-15,17,19,24-27,32-33H,16H2,1-2H3. The first-order chi connectivity index (χ1) is 21.7. The van der Waals surface area contributed by atoms with Gasteiger partial charge in [-0.25, -0.2) is 9.78 Å². The average molecular weight is 662 g/mol. The molecule has 1 aromatic heterocycles. The number of pyridine rings is 1. The van der Waals surface area contributed by atoms with Crippen molar-refractivity contribution in [2.45, 2.75) is 26.4 Å². The van der Waals surface area contributed by atoms with E-state index in [0.717, 1.165) is 16.5 Å². The number of benzene rings is 3. The lowest BCUT2D eigenvalue weighted by Crippen LogP contribution is -2.40. The number of esters is 1. The van der Waals surface area contributed by atoms with E-state index in [4.69, 9.17) is 9.72 Å². The van der Waals surface area contributed by atoms with Crippen LogP contribution in [0.3, 0.4) is 0 Å². The van der Waals surface area contributed by atoms with Gasteiger partial charge in [0.05, 0.1) is 34.3 Å². The van der Waals surface area contributed by atoms with Crippen LogP contribution in [0.4, 0.5) is 5.69 Å². The lowest BCUT2D eigenvalue weighted by molar-refractivity contribution is -0.124. The first-order valence-corrected chi connectivity index (χ1v) is 16.1. The molecule has 1 aliphatic heterocycles. The first kappa shape index (κ1) is 28.1. The average Bonchev–Trinajstić information content (AvgIpc) is 3.83. The minimum Gasteiger partial charge on any atom is -0.451 e. The summed E-state index contributed by atoms with van der Waals surface area (Å²) in [7, 11) is 0. The van der Waals surface area contributed by atoms with Gasteiger partial charge in [-0.2, -0.15) is 0 Å². The highest BCUT2D eigenvalue weighted by Gasteiger charge is 2.67. The van der Waals surface area contributed by atoms with E-state index in [1.165, 1.54) is 4.90 Å². The zero-order valence-corrected chi connectivity index (χ0v) is 26.2. The van der Waals surface area contributed by atoms with Crippen molar-refractivity contribution in [2.75, 3.05) is 4.90 Å². The normalized spacial score (nSPS) is 26.5. The third kappa shape index (κ3) is 4.49. The predicted molar refractivity (Wildman–Crippen MR) is 172 cm³/mol. The summed E-state index contributed by atoms with van der Waals surface area (Å²) < 4.78 is 6.46. The molecule has 2 amide bonds. The van der Waals surface area contributed by atoms with Crippen molar-refractivity contribution in [2.24, 2.45) is 35.5 Å². The lowest BCUT2D eigenvalue weighted by Gasteiger charge is -2.37. The number of amides is 2. The van der Waals surface area contributed by atoms with Crippen LogP contribution in [-0.2, 0) is 14.3 Å². The number of imide groups is 1. The van der Waals surface area contributed by atoms with Gasteiger partial charge in [-0.05, 0) is 80.3 Å². The number of ketones is 1. The number of hydrogen-bond donors (Lipinski definition) is 0. The molecule has 9 rings (SSSR count). The van der Waals surface area contributed by atoms with Crippen LogP contribution < -0.4 is 4.90 Å². The van der Waals surface area contributed by atoms with Crippen molar-refractivity contribution in [3.63, 3.8) is 0 Å². The van der Waals surface area contributed by atoms with Crippen LogP contribution in [0.15, 0.2) is 89.4 Å². The Bertz CT molecular complexity index is 1930. The summed E-state index contributed by atoms with van der Waals surface area (Å²) in [6.45, 7) is 3.51. The van der Waals surface area contributed by atoms with Gasteiger partial charge in [0.1, 0.15) is 0 Å². The number of allylic oxidation sites excluding steroid dienone is 2.